The Morgan fingerprint density at radius 1 is 0.892 bits per heavy atom. The second kappa shape index (κ2) is 10.2. The first-order valence-electron chi connectivity index (χ1n) is 12.5. The van der Waals surface area contributed by atoms with Gasteiger partial charge in [-0.25, -0.2) is 0 Å². The summed E-state index contributed by atoms with van der Waals surface area (Å²) in [7, 11) is 1.68. The molecule has 2 fully saturated rings. The molecule has 4 aromatic rings. The number of methoxy groups -OCH3 is 1. The summed E-state index contributed by atoms with van der Waals surface area (Å²) in [6, 6.07) is 26.8. The fourth-order valence-corrected chi connectivity index (χ4v) is 5.54. The zero-order chi connectivity index (χ0) is 25.2. The number of anilines is 2. The zero-order valence-electron chi connectivity index (χ0n) is 20.7. The van der Waals surface area contributed by atoms with E-state index in [1.807, 2.05) is 30.5 Å². The van der Waals surface area contributed by atoms with Crippen LogP contribution >= 0.6 is 12.2 Å². The topological polar surface area (TPSA) is 54.8 Å². The number of nitrogens with one attached hydrogen (secondary N) is 1. The minimum atomic E-state index is -0.112. The summed E-state index contributed by atoms with van der Waals surface area (Å²) >= 11 is 5.94. The van der Waals surface area contributed by atoms with E-state index in [-0.39, 0.29) is 12.1 Å². The molecule has 2 aliphatic heterocycles. The van der Waals surface area contributed by atoms with Gasteiger partial charge in [-0.15, -0.1) is 0 Å². The highest BCUT2D eigenvalue weighted by atomic mass is 32.1. The second-order valence-corrected chi connectivity index (χ2v) is 9.50. The van der Waals surface area contributed by atoms with E-state index in [4.69, 9.17) is 26.7 Å². The molecule has 6 rings (SSSR count). The highest BCUT2D eigenvalue weighted by Gasteiger charge is 2.42. The number of thiocarbonyl (C=S) groups is 1. The molecule has 0 amide bonds. The van der Waals surface area contributed by atoms with Gasteiger partial charge >= 0.3 is 0 Å². The molecule has 0 unspecified atom stereocenters. The van der Waals surface area contributed by atoms with Crippen LogP contribution in [0.3, 0.4) is 0 Å². The lowest BCUT2D eigenvalue weighted by atomic mass is 10.0. The van der Waals surface area contributed by atoms with Crippen LogP contribution in [-0.4, -0.2) is 48.1 Å². The van der Waals surface area contributed by atoms with E-state index in [0.29, 0.717) is 5.11 Å². The van der Waals surface area contributed by atoms with E-state index >= 15 is 0 Å². The number of morpholine rings is 1. The molecular formula is C29H29N5O2S. The van der Waals surface area contributed by atoms with Crippen LogP contribution < -0.4 is 19.9 Å². The predicted molar refractivity (Wildman–Crippen MR) is 150 cm³/mol. The van der Waals surface area contributed by atoms with Crippen LogP contribution in [0.5, 0.6) is 5.75 Å². The van der Waals surface area contributed by atoms with Gasteiger partial charge in [-0.1, -0.05) is 6.07 Å². The van der Waals surface area contributed by atoms with E-state index in [9.17, 15) is 0 Å². The normalized spacial score (nSPS) is 19.6. The molecule has 2 aromatic carbocycles. The highest BCUT2D eigenvalue weighted by molar-refractivity contribution is 7.80. The van der Waals surface area contributed by atoms with Gasteiger partial charge in [-0.3, -0.25) is 4.98 Å². The van der Waals surface area contributed by atoms with E-state index in [0.717, 1.165) is 54.8 Å². The minimum absolute atomic E-state index is 0.103. The van der Waals surface area contributed by atoms with Crippen LogP contribution in [0.1, 0.15) is 23.5 Å². The maximum absolute atomic E-state index is 5.94. The Labute approximate surface area is 222 Å². The van der Waals surface area contributed by atoms with Crippen LogP contribution in [0.4, 0.5) is 11.4 Å². The average molecular weight is 512 g/mol. The third-order valence-electron chi connectivity index (χ3n) is 7.04. The molecule has 0 saturated carbocycles. The first kappa shape index (κ1) is 23.5. The highest BCUT2D eigenvalue weighted by Crippen LogP contribution is 2.42. The van der Waals surface area contributed by atoms with Gasteiger partial charge in [0.05, 0.1) is 32.1 Å². The molecule has 0 aliphatic carbocycles. The molecule has 2 aromatic heterocycles. The molecule has 188 valence electrons. The maximum atomic E-state index is 5.94. The van der Waals surface area contributed by atoms with Gasteiger partial charge in [0.2, 0.25) is 0 Å². The van der Waals surface area contributed by atoms with Crippen molar-refractivity contribution in [3.63, 3.8) is 0 Å². The number of pyridine rings is 1. The van der Waals surface area contributed by atoms with Crippen molar-refractivity contribution in [3.8, 4) is 11.4 Å². The lowest BCUT2D eigenvalue weighted by Crippen LogP contribution is -2.36. The Balaban J connectivity index is 1.40. The Kier molecular flexibility index (Phi) is 6.51. The molecular weight excluding hydrogens is 482 g/mol. The quantitative estimate of drug-likeness (QED) is 0.370. The predicted octanol–water partition coefficient (Wildman–Crippen LogP) is 4.89. The average Bonchev–Trinajstić information content (AvgIpc) is 3.58. The van der Waals surface area contributed by atoms with Crippen molar-refractivity contribution >= 4 is 28.7 Å². The lowest BCUT2D eigenvalue weighted by molar-refractivity contribution is 0.122. The van der Waals surface area contributed by atoms with Crippen LogP contribution in [0.25, 0.3) is 5.69 Å². The molecule has 2 saturated heterocycles. The summed E-state index contributed by atoms with van der Waals surface area (Å²) in [6.07, 6.45) is 3.92. The number of hydrogen-bond acceptors (Lipinski definition) is 5. The summed E-state index contributed by atoms with van der Waals surface area (Å²) in [5, 5.41) is 4.25. The monoisotopic (exact) mass is 511 g/mol. The number of aromatic nitrogens is 2. The largest absolute Gasteiger partial charge is 0.497 e. The van der Waals surface area contributed by atoms with Crippen molar-refractivity contribution in [2.24, 2.45) is 0 Å². The number of hydrogen-bond donors (Lipinski definition) is 1. The van der Waals surface area contributed by atoms with E-state index < -0.39 is 0 Å². The zero-order valence-corrected chi connectivity index (χ0v) is 21.5. The smallest absolute Gasteiger partial charge is 0.174 e. The molecule has 0 radical (unpaired) electrons. The molecule has 0 spiro atoms. The summed E-state index contributed by atoms with van der Waals surface area (Å²) in [6.45, 7) is 3.34. The molecule has 7 nitrogen and oxygen atoms in total. The number of rotatable bonds is 6. The van der Waals surface area contributed by atoms with Crippen LogP contribution in [0.15, 0.2) is 91.3 Å². The molecule has 2 aliphatic rings. The summed E-state index contributed by atoms with van der Waals surface area (Å²) in [4.78, 5) is 9.26. The Morgan fingerprint density at radius 2 is 1.62 bits per heavy atom. The molecule has 8 heteroatoms. The summed E-state index contributed by atoms with van der Waals surface area (Å²) < 4.78 is 13.1. The summed E-state index contributed by atoms with van der Waals surface area (Å²) in [5.74, 6) is 0.828. The molecule has 0 bridgehead atoms. The van der Waals surface area contributed by atoms with Gasteiger partial charge in [0.1, 0.15) is 11.8 Å². The van der Waals surface area contributed by atoms with Gasteiger partial charge in [-0.05, 0) is 85.0 Å². The third kappa shape index (κ3) is 4.54. The molecule has 2 atom stereocenters. The van der Waals surface area contributed by atoms with Crippen LogP contribution in [0.2, 0.25) is 0 Å². The first-order chi connectivity index (χ1) is 18.2. The van der Waals surface area contributed by atoms with Crippen molar-refractivity contribution in [2.45, 2.75) is 12.1 Å². The van der Waals surface area contributed by atoms with E-state index in [1.165, 1.54) is 5.69 Å². The lowest BCUT2D eigenvalue weighted by Gasteiger charge is -2.31. The van der Waals surface area contributed by atoms with Crippen LogP contribution in [0, 0.1) is 0 Å². The van der Waals surface area contributed by atoms with Crippen molar-refractivity contribution in [3.05, 3.63) is 103 Å². The fourth-order valence-electron chi connectivity index (χ4n) is 5.19. The maximum Gasteiger partial charge on any atom is 0.174 e. The molecule has 4 heterocycles. The van der Waals surface area contributed by atoms with E-state index in [1.54, 1.807) is 7.11 Å². The van der Waals surface area contributed by atoms with Gasteiger partial charge < -0.3 is 29.2 Å². The number of ether oxygens (including phenoxy) is 2. The van der Waals surface area contributed by atoms with E-state index in [2.05, 4.69) is 80.5 Å². The molecule has 1 N–H and O–H groups in total. The number of nitrogens with zero attached hydrogens (tertiary/aromatic N) is 4. The van der Waals surface area contributed by atoms with Gasteiger partial charge in [0, 0.05) is 48.2 Å². The second-order valence-electron chi connectivity index (χ2n) is 9.11. The van der Waals surface area contributed by atoms with Gasteiger partial charge in [-0.2, -0.15) is 0 Å². The standard InChI is InChI=1S/C29H29N5O2S/c1-35-24-13-11-22(12-14-24)33-16-4-6-26(33)28-27(25-5-2-3-15-30-25)31-29(37)34(28)23-9-7-21(8-10-23)32-17-19-36-20-18-32/h2-16,27-28H,17-20H2,1H3,(H,31,37)/t27-,28-/m0/s1. The Bertz CT molecular complexity index is 1350. The SMILES string of the molecule is COc1ccc(-n2cccc2[C@H]2[C@H](c3ccccn3)NC(=S)N2c2ccc(N3CCOCC3)cc2)cc1. The third-order valence-corrected chi connectivity index (χ3v) is 7.35. The first-order valence-corrected chi connectivity index (χ1v) is 12.9. The van der Waals surface area contributed by atoms with Crippen molar-refractivity contribution in [1.82, 2.24) is 14.9 Å². The van der Waals surface area contributed by atoms with Crippen LogP contribution in [-0.2, 0) is 4.74 Å². The number of benzene rings is 2. The van der Waals surface area contributed by atoms with Gasteiger partial charge in [0.15, 0.2) is 5.11 Å². The van der Waals surface area contributed by atoms with Crippen molar-refractivity contribution in [2.75, 3.05) is 43.2 Å². The Hall–Kier alpha value is -3.88. The summed E-state index contributed by atoms with van der Waals surface area (Å²) in [5.41, 5.74) is 5.36. The minimum Gasteiger partial charge on any atom is -0.497 e. The van der Waals surface area contributed by atoms with Crippen molar-refractivity contribution < 1.29 is 9.47 Å². The Morgan fingerprint density at radius 3 is 2.32 bits per heavy atom. The van der Waals surface area contributed by atoms with Crippen molar-refractivity contribution in [1.29, 1.82) is 0 Å². The van der Waals surface area contributed by atoms with Gasteiger partial charge in [0.25, 0.3) is 0 Å². The molecule has 37 heavy (non-hydrogen) atoms. The fraction of sp³-hybridized carbons (Fsp3) is 0.241.